The van der Waals surface area contributed by atoms with Gasteiger partial charge in [0.1, 0.15) is 0 Å². The first-order valence-electron chi connectivity index (χ1n) is 8.60. The lowest BCUT2D eigenvalue weighted by molar-refractivity contribution is 0.257. The molecule has 2 saturated carbocycles. The fraction of sp³-hybridized carbons (Fsp3) is 0.929. The van der Waals surface area contributed by atoms with Crippen molar-refractivity contribution in [2.75, 3.05) is 0 Å². The third-order valence-electron chi connectivity index (χ3n) is 5.10. The van der Waals surface area contributed by atoms with Gasteiger partial charge in [-0.2, -0.15) is 5.10 Å². The van der Waals surface area contributed by atoms with Crippen LogP contribution < -0.4 is 5.43 Å². The fourth-order valence-corrected chi connectivity index (χ4v) is 7.03. The zero-order valence-corrected chi connectivity index (χ0v) is 15.6. The standard InChI is InChI=1S/C14H28N2O6P2/c17-23(18,19)13-10-6-3-7-11-14(13,24(20,21)22)16-15-12-8-4-1-2-5-9-12/h13,16H,1-11H2,(H2,17,18,19)(H2,20,21,22). The van der Waals surface area contributed by atoms with Gasteiger partial charge in [-0.15, -0.1) is 0 Å². The number of hydrogen-bond donors (Lipinski definition) is 5. The van der Waals surface area contributed by atoms with Crippen molar-refractivity contribution in [3.8, 4) is 0 Å². The molecule has 5 N–H and O–H groups in total. The molecule has 2 aliphatic rings. The molecule has 2 aliphatic carbocycles. The Labute approximate surface area is 142 Å². The molecule has 8 nitrogen and oxygen atoms in total. The lowest BCUT2D eigenvalue weighted by Gasteiger charge is -2.39. The summed E-state index contributed by atoms with van der Waals surface area (Å²) in [5.41, 5.74) is 2.00. The number of nitrogens with zero attached hydrogens (tertiary/aromatic N) is 1. The van der Waals surface area contributed by atoms with Crippen LogP contribution in [0.4, 0.5) is 0 Å². The second kappa shape index (κ2) is 7.98. The summed E-state index contributed by atoms with van der Waals surface area (Å²) in [4.78, 5) is 39.4. The molecular formula is C14H28N2O6P2. The zero-order chi connectivity index (χ0) is 17.8. The van der Waals surface area contributed by atoms with Gasteiger partial charge in [0.2, 0.25) is 0 Å². The smallest absolute Gasteiger partial charge is 0.324 e. The van der Waals surface area contributed by atoms with E-state index in [9.17, 15) is 28.7 Å². The summed E-state index contributed by atoms with van der Waals surface area (Å²) < 4.78 is 24.2. The Balaban J connectivity index is 2.37. The van der Waals surface area contributed by atoms with Gasteiger partial charge in [0.05, 0.1) is 5.66 Å². The van der Waals surface area contributed by atoms with Gasteiger partial charge in [-0.25, -0.2) is 0 Å². The molecule has 0 aromatic heterocycles. The summed E-state index contributed by atoms with van der Waals surface area (Å²) >= 11 is 0. The van der Waals surface area contributed by atoms with Crippen LogP contribution in [0.5, 0.6) is 0 Å². The van der Waals surface area contributed by atoms with Crippen molar-refractivity contribution < 1.29 is 28.7 Å². The van der Waals surface area contributed by atoms with Gasteiger partial charge in [-0.05, 0) is 38.5 Å². The van der Waals surface area contributed by atoms with Crippen LogP contribution >= 0.6 is 15.2 Å². The summed E-state index contributed by atoms with van der Waals surface area (Å²) in [7, 11) is -9.53. The average molecular weight is 382 g/mol. The first-order chi connectivity index (χ1) is 11.2. The first-order valence-corrected chi connectivity index (χ1v) is 11.9. The molecule has 0 saturated heterocycles. The van der Waals surface area contributed by atoms with E-state index < -0.39 is 26.1 Å². The molecule has 0 aromatic rings. The molecule has 2 rings (SSSR count). The maximum absolute atomic E-state index is 12.3. The largest absolute Gasteiger partial charge is 0.353 e. The number of rotatable bonds is 4. The number of hydrogen-bond acceptors (Lipinski definition) is 4. The normalized spacial score (nSPS) is 30.3. The Morgan fingerprint density at radius 1 is 0.917 bits per heavy atom. The van der Waals surface area contributed by atoms with Crippen molar-refractivity contribution in [1.29, 1.82) is 0 Å². The predicted molar refractivity (Wildman–Crippen MR) is 92.0 cm³/mol. The molecule has 0 amide bonds. The van der Waals surface area contributed by atoms with Crippen LogP contribution in [0.1, 0.15) is 70.6 Å². The van der Waals surface area contributed by atoms with E-state index in [1.807, 2.05) is 0 Å². The fourth-order valence-electron chi connectivity index (χ4n) is 3.72. The van der Waals surface area contributed by atoms with E-state index in [1.165, 1.54) is 0 Å². The quantitative estimate of drug-likeness (QED) is 0.286. The van der Waals surface area contributed by atoms with Crippen LogP contribution in [0, 0.1) is 0 Å². The average Bonchev–Trinajstić information content (AvgIpc) is 2.85. The predicted octanol–water partition coefficient (Wildman–Crippen LogP) is 2.67. The van der Waals surface area contributed by atoms with Gasteiger partial charge < -0.3 is 19.6 Å². The van der Waals surface area contributed by atoms with Crippen LogP contribution in [-0.2, 0) is 9.13 Å². The molecule has 2 fully saturated rings. The molecule has 0 aliphatic heterocycles. The Hall–Kier alpha value is -0.230. The third-order valence-corrected chi connectivity index (χ3v) is 8.49. The van der Waals surface area contributed by atoms with Crippen LogP contribution in [0.15, 0.2) is 5.10 Å². The highest BCUT2D eigenvalue weighted by Gasteiger charge is 2.59. The molecular weight excluding hydrogens is 354 g/mol. The van der Waals surface area contributed by atoms with E-state index >= 15 is 0 Å². The highest BCUT2D eigenvalue weighted by Crippen LogP contribution is 2.64. The molecule has 2 unspecified atom stereocenters. The molecule has 10 heteroatoms. The molecule has 0 heterocycles. The summed E-state index contributed by atoms with van der Waals surface area (Å²) in [6, 6.07) is 0. The Kier molecular flexibility index (Phi) is 6.68. The maximum Gasteiger partial charge on any atom is 0.353 e. The molecule has 2 atom stereocenters. The van der Waals surface area contributed by atoms with Crippen LogP contribution in [0.3, 0.4) is 0 Å². The molecule has 24 heavy (non-hydrogen) atoms. The molecule has 0 aromatic carbocycles. The summed E-state index contributed by atoms with van der Waals surface area (Å²) in [5, 5.41) is 2.26. The Morgan fingerprint density at radius 2 is 1.50 bits per heavy atom. The lowest BCUT2D eigenvalue weighted by Crippen LogP contribution is -2.51. The molecule has 0 spiro atoms. The summed E-state index contributed by atoms with van der Waals surface area (Å²) in [6.07, 6.45) is 7.48. The minimum absolute atomic E-state index is 0.00380. The minimum Gasteiger partial charge on any atom is -0.324 e. The van der Waals surface area contributed by atoms with Crippen molar-refractivity contribution in [1.82, 2.24) is 5.43 Å². The van der Waals surface area contributed by atoms with E-state index in [2.05, 4.69) is 10.5 Å². The molecule has 0 bridgehead atoms. The van der Waals surface area contributed by atoms with E-state index in [0.29, 0.717) is 19.3 Å². The second-order valence-corrected chi connectivity index (χ2v) is 10.6. The van der Waals surface area contributed by atoms with E-state index in [-0.39, 0.29) is 12.8 Å². The lowest BCUT2D eigenvalue weighted by atomic mass is 10.1. The monoisotopic (exact) mass is 382 g/mol. The number of nitrogens with one attached hydrogen (secondary N) is 1. The van der Waals surface area contributed by atoms with Gasteiger partial charge in [0.25, 0.3) is 0 Å². The van der Waals surface area contributed by atoms with Gasteiger partial charge in [-0.3, -0.25) is 14.6 Å². The van der Waals surface area contributed by atoms with Crippen molar-refractivity contribution in [2.24, 2.45) is 5.10 Å². The Morgan fingerprint density at radius 3 is 2.04 bits per heavy atom. The summed E-state index contributed by atoms with van der Waals surface area (Å²) in [6.45, 7) is 0. The van der Waals surface area contributed by atoms with Crippen molar-refractivity contribution in [3.05, 3.63) is 0 Å². The van der Waals surface area contributed by atoms with Crippen molar-refractivity contribution in [3.63, 3.8) is 0 Å². The third kappa shape index (κ3) is 4.69. The van der Waals surface area contributed by atoms with Gasteiger partial charge in [0, 0.05) is 5.71 Å². The van der Waals surface area contributed by atoms with E-state index in [0.717, 1.165) is 44.2 Å². The van der Waals surface area contributed by atoms with Gasteiger partial charge >= 0.3 is 15.2 Å². The second-order valence-electron chi connectivity index (χ2n) is 6.88. The Bertz CT molecular complexity index is 547. The van der Waals surface area contributed by atoms with E-state index in [1.54, 1.807) is 0 Å². The molecule has 0 radical (unpaired) electrons. The summed E-state index contributed by atoms with van der Waals surface area (Å²) in [5.74, 6) is 0. The van der Waals surface area contributed by atoms with Crippen LogP contribution in [0.2, 0.25) is 0 Å². The van der Waals surface area contributed by atoms with Crippen LogP contribution in [-0.4, -0.2) is 36.2 Å². The SMILES string of the molecule is O=P(O)(O)C1CCCCCC1(NN=C1CCCCCC1)P(=O)(O)O. The van der Waals surface area contributed by atoms with E-state index in [4.69, 9.17) is 0 Å². The zero-order valence-electron chi connectivity index (χ0n) is 13.8. The topological polar surface area (TPSA) is 139 Å². The number of hydrazone groups is 1. The van der Waals surface area contributed by atoms with Gasteiger partial charge in [0.15, 0.2) is 5.28 Å². The van der Waals surface area contributed by atoms with Crippen molar-refractivity contribution >= 4 is 20.9 Å². The molecule has 140 valence electrons. The highest BCUT2D eigenvalue weighted by molar-refractivity contribution is 7.58. The highest BCUT2D eigenvalue weighted by atomic mass is 31.2. The van der Waals surface area contributed by atoms with Crippen LogP contribution in [0.25, 0.3) is 0 Å². The maximum atomic E-state index is 12.3. The minimum atomic E-state index is -4.84. The van der Waals surface area contributed by atoms with Gasteiger partial charge in [-0.1, -0.05) is 32.1 Å². The van der Waals surface area contributed by atoms with Crippen molar-refractivity contribution in [2.45, 2.75) is 81.6 Å². The first kappa shape index (κ1) is 20.1.